The van der Waals surface area contributed by atoms with Gasteiger partial charge in [-0.05, 0) is 42.3 Å². The number of hydrogen-bond acceptors (Lipinski definition) is 5. The Kier molecular flexibility index (Phi) is 9.49. The normalized spacial score (nSPS) is 11.6. The van der Waals surface area contributed by atoms with Gasteiger partial charge in [0.05, 0.1) is 25.3 Å². The zero-order valence-electron chi connectivity index (χ0n) is 18.7. The number of ether oxygens (including phenoxy) is 2. The highest BCUT2D eigenvalue weighted by molar-refractivity contribution is 6.30. The SMILES string of the molecule is CCOC(=O)N[C@H](CC(=O)N/N=C\c1ccccc1OCc1cccc(Cl)c1)c1ccccc1. The van der Waals surface area contributed by atoms with Crippen LogP contribution < -0.4 is 15.5 Å². The van der Waals surface area contributed by atoms with Gasteiger partial charge in [0.15, 0.2) is 0 Å². The molecule has 2 N–H and O–H groups in total. The van der Waals surface area contributed by atoms with Gasteiger partial charge in [-0.15, -0.1) is 0 Å². The maximum atomic E-state index is 12.5. The number of halogens is 1. The molecule has 0 aliphatic rings. The molecular weight excluding hydrogens is 454 g/mol. The molecule has 0 spiro atoms. The van der Waals surface area contributed by atoms with Crippen molar-refractivity contribution in [3.63, 3.8) is 0 Å². The Labute approximate surface area is 203 Å². The molecule has 0 heterocycles. The number of carbonyl (C=O) groups is 2. The first kappa shape index (κ1) is 24.8. The molecule has 0 saturated heterocycles. The molecule has 1 atom stereocenters. The fourth-order valence-electron chi connectivity index (χ4n) is 3.16. The summed E-state index contributed by atoms with van der Waals surface area (Å²) >= 11 is 6.03. The number of hydrogen-bond donors (Lipinski definition) is 2. The monoisotopic (exact) mass is 479 g/mol. The molecule has 3 aromatic rings. The Hall–Kier alpha value is -3.84. The van der Waals surface area contributed by atoms with E-state index in [2.05, 4.69) is 15.8 Å². The van der Waals surface area contributed by atoms with E-state index in [4.69, 9.17) is 21.1 Å². The molecule has 176 valence electrons. The van der Waals surface area contributed by atoms with E-state index in [1.165, 1.54) is 6.21 Å². The zero-order valence-corrected chi connectivity index (χ0v) is 19.5. The van der Waals surface area contributed by atoms with E-state index in [0.717, 1.165) is 11.1 Å². The van der Waals surface area contributed by atoms with Gasteiger partial charge in [-0.1, -0.05) is 66.2 Å². The summed E-state index contributed by atoms with van der Waals surface area (Å²) in [5.41, 5.74) is 4.94. The molecule has 0 saturated carbocycles. The van der Waals surface area contributed by atoms with Gasteiger partial charge in [0.25, 0.3) is 0 Å². The number of nitrogens with zero attached hydrogens (tertiary/aromatic N) is 1. The Balaban J connectivity index is 1.60. The van der Waals surface area contributed by atoms with Crippen LogP contribution in [-0.2, 0) is 16.1 Å². The summed E-state index contributed by atoms with van der Waals surface area (Å²) in [6.07, 6.45) is 0.924. The predicted octanol–water partition coefficient (Wildman–Crippen LogP) is 5.25. The number of carbonyl (C=O) groups excluding carboxylic acids is 2. The van der Waals surface area contributed by atoms with Crippen molar-refractivity contribution in [3.8, 4) is 5.75 Å². The minimum atomic E-state index is -0.585. The largest absolute Gasteiger partial charge is 0.488 e. The summed E-state index contributed by atoms with van der Waals surface area (Å²) in [4.78, 5) is 24.4. The minimum Gasteiger partial charge on any atom is -0.488 e. The summed E-state index contributed by atoms with van der Waals surface area (Å²) in [7, 11) is 0. The van der Waals surface area contributed by atoms with Crippen molar-refractivity contribution in [2.75, 3.05) is 6.61 Å². The van der Waals surface area contributed by atoms with Gasteiger partial charge in [0, 0.05) is 10.6 Å². The highest BCUT2D eigenvalue weighted by Gasteiger charge is 2.18. The molecule has 0 bridgehead atoms. The van der Waals surface area contributed by atoms with Crippen LogP contribution in [0, 0.1) is 0 Å². The second kappa shape index (κ2) is 13.0. The minimum absolute atomic E-state index is 0.00686. The van der Waals surface area contributed by atoms with Gasteiger partial charge in [0.1, 0.15) is 12.4 Å². The van der Waals surface area contributed by atoms with Crippen molar-refractivity contribution in [1.82, 2.24) is 10.7 Å². The van der Waals surface area contributed by atoms with E-state index < -0.39 is 12.1 Å². The van der Waals surface area contributed by atoms with E-state index in [1.807, 2.05) is 72.8 Å². The lowest BCUT2D eigenvalue weighted by Gasteiger charge is -2.18. The number of benzene rings is 3. The zero-order chi connectivity index (χ0) is 24.2. The van der Waals surface area contributed by atoms with E-state index in [0.29, 0.717) is 22.9 Å². The third kappa shape index (κ3) is 7.94. The number of rotatable bonds is 10. The highest BCUT2D eigenvalue weighted by Crippen LogP contribution is 2.19. The van der Waals surface area contributed by atoms with Crippen molar-refractivity contribution in [3.05, 3.63) is 101 Å². The topological polar surface area (TPSA) is 89.0 Å². The molecule has 3 aromatic carbocycles. The van der Waals surface area contributed by atoms with Gasteiger partial charge in [-0.3, -0.25) is 4.79 Å². The summed E-state index contributed by atoms with van der Waals surface area (Å²) in [6, 6.07) is 23.5. The summed E-state index contributed by atoms with van der Waals surface area (Å²) in [6.45, 7) is 2.30. The third-order valence-electron chi connectivity index (χ3n) is 4.75. The molecule has 0 unspecified atom stereocenters. The highest BCUT2D eigenvalue weighted by atomic mass is 35.5. The lowest BCUT2D eigenvalue weighted by molar-refractivity contribution is -0.121. The molecule has 34 heavy (non-hydrogen) atoms. The van der Waals surface area contributed by atoms with Gasteiger partial charge in [-0.2, -0.15) is 5.10 Å². The van der Waals surface area contributed by atoms with Crippen LogP contribution in [0.2, 0.25) is 5.02 Å². The average Bonchev–Trinajstić information content (AvgIpc) is 2.84. The Morgan fingerprint density at radius 1 is 1.03 bits per heavy atom. The standard InChI is InChI=1S/C26H26ClN3O4/c1-2-33-26(32)29-23(20-10-4-3-5-11-20)16-25(31)30-28-17-21-12-6-7-14-24(21)34-18-19-9-8-13-22(27)15-19/h3-15,17,23H,2,16,18H2,1H3,(H,29,32)(H,30,31)/b28-17-/t23-/m1/s1. The number of nitrogens with one attached hydrogen (secondary N) is 2. The Morgan fingerprint density at radius 3 is 2.56 bits per heavy atom. The van der Waals surface area contributed by atoms with Gasteiger partial charge in [-0.25, -0.2) is 10.2 Å². The quantitative estimate of drug-likeness (QED) is 0.307. The van der Waals surface area contributed by atoms with Crippen molar-refractivity contribution < 1.29 is 19.1 Å². The van der Waals surface area contributed by atoms with Crippen LogP contribution in [0.25, 0.3) is 0 Å². The first-order valence-corrected chi connectivity index (χ1v) is 11.2. The Bertz CT molecular complexity index is 1120. The van der Waals surface area contributed by atoms with Crippen LogP contribution >= 0.6 is 11.6 Å². The van der Waals surface area contributed by atoms with Gasteiger partial charge < -0.3 is 14.8 Å². The maximum Gasteiger partial charge on any atom is 0.407 e. The smallest absolute Gasteiger partial charge is 0.407 e. The number of alkyl carbamates (subject to hydrolysis) is 1. The Morgan fingerprint density at radius 2 is 1.79 bits per heavy atom. The summed E-state index contributed by atoms with van der Waals surface area (Å²) in [5, 5.41) is 7.42. The molecule has 0 aliphatic carbocycles. The van der Waals surface area contributed by atoms with Crippen LogP contribution in [0.3, 0.4) is 0 Å². The fraction of sp³-hybridized carbons (Fsp3) is 0.192. The molecule has 8 heteroatoms. The van der Waals surface area contributed by atoms with Crippen LogP contribution in [0.4, 0.5) is 4.79 Å². The maximum absolute atomic E-state index is 12.5. The predicted molar refractivity (Wildman–Crippen MR) is 132 cm³/mol. The van der Waals surface area contributed by atoms with E-state index >= 15 is 0 Å². The average molecular weight is 480 g/mol. The molecule has 0 fully saturated rings. The lowest BCUT2D eigenvalue weighted by atomic mass is 10.0. The molecule has 0 aliphatic heterocycles. The molecule has 3 rings (SSSR count). The van der Waals surface area contributed by atoms with Crippen LogP contribution in [-0.4, -0.2) is 24.8 Å². The first-order chi connectivity index (χ1) is 16.5. The van der Waals surface area contributed by atoms with Crippen molar-refractivity contribution in [2.45, 2.75) is 26.0 Å². The molecule has 2 amide bonds. The van der Waals surface area contributed by atoms with Crippen molar-refractivity contribution >= 4 is 29.8 Å². The molecular formula is C26H26ClN3O4. The van der Waals surface area contributed by atoms with Crippen LogP contribution in [0.5, 0.6) is 5.75 Å². The van der Waals surface area contributed by atoms with Crippen molar-refractivity contribution in [1.29, 1.82) is 0 Å². The van der Waals surface area contributed by atoms with Gasteiger partial charge in [0.2, 0.25) is 5.91 Å². The van der Waals surface area contributed by atoms with Crippen LogP contribution in [0.1, 0.15) is 36.1 Å². The molecule has 0 radical (unpaired) electrons. The number of para-hydroxylation sites is 1. The second-order valence-electron chi connectivity index (χ2n) is 7.28. The van der Waals surface area contributed by atoms with E-state index in [1.54, 1.807) is 13.0 Å². The number of amides is 2. The second-order valence-corrected chi connectivity index (χ2v) is 7.72. The van der Waals surface area contributed by atoms with Gasteiger partial charge >= 0.3 is 6.09 Å². The summed E-state index contributed by atoms with van der Waals surface area (Å²) < 4.78 is 10.9. The van der Waals surface area contributed by atoms with Crippen molar-refractivity contribution in [2.24, 2.45) is 5.10 Å². The lowest BCUT2D eigenvalue weighted by Crippen LogP contribution is -2.33. The fourth-order valence-corrected chi connectivity index (χ4v) is 3.38. The summed E-state index contributed by atoms with van der Waals surface area (Å²) in [5.74, 6) is 0.255. The first-order valence-electron chi connectivity index (χ1n) is 10.8. The molecule has 0 aromatic heterocycles. The van der Waals surface area contributed by atoms with E-state index in [-0.39, 0.29) is 18.9 Å². The van der Waals surface area contributed by atoms with E-state index in [9.17, 15) is 9.59 Å². The number of hydrazone groups is 1. The van der Waals surface area contributed by atoms with Crippen LogP contribution in [0.15, 0.2) is 84.0 Å². The third-order valence-corrected chi connectivity index (χ3v) is 4.99. The molecule has 7 nitrogen and oxygen atoms in total.